The number of hydrogen-bond acceptors (Lipinski definition) is 2. The highest BCUT2D eigenvalue weighted by Crippen LogP contribution is 2.42. The van der Waals surface area contributed by atoms with Gasteiger partial charge in [0.2, 0.25) is 0 Å². The van der Waals surface area contributed by atoms with E-state index in [-0.39, 0.29) is 0 Å². The molecule has 94 valence electrons. The number of nitrogens with zero attached hydrogens (tertiary/aromatic N) is 1. The van der Waals surface area contributed by atoms with Gasteiger partial charge in [0.15, 0.2) is 0 Å². The third-order valence-electron chi connectivity index (χ3n) is 4.51. The fourth-order valence-electron chi connectivity index (χ4n) is 2.95. The Hall–Kier alpha value is -0.0800. The molecule has 2 aliphatic carbocycles. The molecule has 0 radical (unpaired) electrons. The second kappa shape index (κ2) is 5.05. The van der Waals surface area contributed by atoms with E-state index in [1.54, 1.807) is 0 Å². The number of nitrogens with one attached hydrogen (secondary N) is 1. The summed E-state index contributed by atoms with van der Waals surface area (Å²) in [6.07, 6.45) is 7.10. The van der Waals surface area contributed by atoms with Crippen LogP contribution in [0.15, 0.2) is 0 Å². The van der Waals surface area contributed by atoms with Crippen LogP contribution in [0.4, 0.5) is 0 Å². The van der Waals surface area contributed by atoms with E-state index in [1.165, 1.54) is 51.7 Å². The molecule has 2 fully saturated rings. The van der Waals surface area contributed by atoms with Gasteiger partial charge in [-0.05, 0) is 44.1 Å². The molecule has 2 nitrogen and oxygen atoms in total. The van der Waals surface area contributed by atoms with Crippen molar-refractivity contribution in [2.24, 2.45) is 11.3 Å². The van der Waals surface area contributed by atoms with Crippen LogP contribution in [0.3, 0.4) is 0 Å². The summed E-state index contributed by atoms with van der Waals surface area (Å²) in [5, 5.41) is 3.59. The molecule has 0 aliphatic heterocycles. The van der Waals surface area contributed by atoms with Crippen LogP contribution in [0, 0.1) is 11.3 Å². The summed E-state index contributed by atoms with van der Waals surface area (Å²) >= 11 is 0. The Morgan fingerprint density at radius 2 is 2.00 bits per heavy atom. The topological polar surface area (TPSA) is 15.3 Å². The zero-order valence-corrected chi connectivity index (χ0v) is 11.3. The second-order valence-corrected chi connectivity index (χ2v) is 6.57. The Labute approximate surface area is 101 Å². The molecule has 2 rings (SSSR count). The molecule has 0 saturated heterocycles. The second-order valence-electron chi connectivity index (χ2n) is 6.57. The first-order valence-electron chi connectivity index (χ1n) is 7.00. The van der Waals surface area contributed by atoms with Crippen LogP contribution in [-0.2, 0) is 0 Å². The lowest BCUT2D eigenvalue weighted by Crippen LogP contribution is -2.36. The highest BCUT2D eigenvalue weighted by Gasteiger charge is 2.34. The Morgan fingerprint density at radius 1 is 1.25 bits per heavy atom. The molecule has 0 aromatic carbocycles. The molecule has 1 unspecified atom stereocenters. The van der Waals surface area contributed by atoms with Gasteiger partial charge in [-0.25, -0.2) is 0 Å². The largest absolute Gasteiger partial charge is 0.313 e. The number of likely N-dealkylation sites (N-methyl/N-ethyl adjacent to an activating group) is 1. The van der Waals surface area contributed by atoms with Crippen molar-refractivity contribution in [3.05, 3.63) is 0 Å². The maximum absolute atomic E-state index is 3.59. The lowest BCUT2D eigenvalue weighted by Gasteiger charge is -2.31. The zero-order valence-electron chi connectivity index (χ0n) is 11.3. The van der Waals surface area contributed by atoms with Crippen LogP contribution in [0.2, 0.25) is 0 Å². The van der Waals surface area contributed by atoms with Crippen LogP contribution in [0.1, 0.15) is 46.0 Å². The summed E-state index contributed by atoms with van der Waals surface area (Å²) in [7, 11) is 2.28. The predicted octanol–water partition coefficient (Wildman–Crippen LogP) is 2.50. The van der Waals surface area contributed by atoms with E-state index in [0.29, 0.717) is 5.41 Å². The third kappa shape index (κ3) is 3.46. The molecule has 2 heteroatoms. The van der Waals surface area contributed by atoms with E-state index in [0.717, 1.165) is 12.0 Å². The van der Waals surface area contributed by atoms with Gasteiger partial charge < -0.3 is 10.2 Å². The maximum Gasteiger partial charge on any atom is 0.0104 e. The first-order chi connectivity index (χ1) is 7.58. The van der Waals surface area contributed by atoms with E-state index in [1.807, 2.05) is 0 Å². The van der Waals surface area contributed by atoms with E-state index < -0.39 is 0 Å². The molecule has 0 heterocycles. The van der Waals surface area contributed by atoms with E-state index in [4.69, 9.17) is 0 Å². The molecule has 16 heavy (non-hydrogen) atoms. The minimum Gasteiger partial charge on any atom is -0.313 e. The van der Waals surface area contributed by atoms with Crippen molar-refractivity contribution in [2.45, 2.75) is 52.0 Å². The molecule has 0 aromatic heterocycles. The highest BCUT2D eigenvalue weighted by atomic mass is 15.1. The molecular formula is C14H28N2. The highest BCUT2D eigenvalue weighted by molar-refractivity contribution is 4.86. The van der Waals surface area contributed by atoms with Gasteiger partial charge in [0, 0.05) is 25.7 Å². The fourth-order valence-corrected chi connectivity index (χ4v) is 2.95. The van der Waals surface area contributed by atoms with Gasteiger partial charge >= 0.3 is 0 Å². The molecule has 1 atom stereocenters. The van der Waals surface area contributed by atoms with Crippen LogP contribution in [0.25, 0.3) is 0 Å². The van der Waals surface area contributed by atoms with Crippen molar-refractivity contribution in [3.8, 4) is 0 Å². The van der Waals surface area contributed by atoms with Crippen molar-refractivity contribution < 1.29 is 0 Å². The zero-order chi connectivity index (χ0) is 11.6. The van der Waals surface area contributed by atoms with Gasteiger partial charge in [0.05, 0.1) is 0 Å². The quantitative estimate of drug-likeness (QED) is 0.746. The average Bonchev–Trinajstić information content (AvgIpc) is 2.94. The Morgan fingerprint density at radius 3 is 2.56 bits per heavy atom. The minimum atomic E-state index is 0.582. The fraction of sp³-hybridized carbons (Fsp3) is 1.00. The first-order valence-corrected chi connectivity index (χ1v) is 7.00. The van der Waals surface area contributed by atoms with Gasteiger partial charge in [-0.3, -0.25) is 0 Å². The van der Waals surface area contributed by atoms with Gasteiger partial charge in [0.25, 0.3) is 0 Å². The standard InChI is InChI=1S/C14H28N2/c1-14(2)8-4-5-12(14)11-16(3)10-9-15-13-6-7-13/h12-13,15H,4-11H2,1-3H3. The van der Waals surface area contributed by atoms with Gasteiger partial charge in [-0.1, -0.05) is 20.3 Å². The van der Waals surface area contributed by atoms with E-state index >= 15 is 0 Å². The van der Waals surface area contributed by atoms with Gasteiger partial charge in [-0.15, -0.1) is 0 Å². The lowest BCUT2D eigenvalue weighted by atomic mass is 9.81. The van der Waals surface area contributed by atoms with E-state index in [2.05, 4.69) is 31.1 Å². The monoisotopic (exact) mass is 224 g/mol. The van der Waals surface area contributed by atoms with Crippen molar-refractivity contribution >= 4 is 0 Å². The Kier molecular flexibility index (Phi) is 3.91. The molecule has 0 bridgehead atoms. The molecule has 0 spiro atoms. The van der Waals surface area contributed by atoms with Crippen molar-refractivity contribution in [1.82, 2.24) is 10.2 Å². The summed E-state index contributed by atoms with van der Waals surface area (Å²) in [6.45, 7) is 8.57. The minimum absolute atomic E-state index is 0.582. The smallest absolute Gasteiger partial charge is 0.0104 e. The van der Waals surface area contributed by atoms with Crippen LogP contribution >= 0.6 is 0 Å². The predicted molar refractivity (Wildman–Crippen MR) is 69.6 cm³/mol. The number of rotatable bonds is 6. The van der Waals surface area contributed by atoms with Crippen molar-refractivity contribution in [3.63, 3.8) is 0 Å². The van der Waals surface area contributed by atoms with Gasteiger partial charge in [0.1, 0.15) is 0 Å². The average molecular weight is 224 g/mol. The Bertz CT molecular complexity index is 221. The molecular weight excluding hydrogens is 196 g/mol. The van der Waals surface area contributed by atoms with Crippen molar-refractivity contribution in [1.29, 1.82) is 0 Å². The van der Waals surface area contributed by atoms with Crippen molar-refractivity contribution in [2.75, 3.05) is 26.7 Å². The maximum atomic E-state index is 3.59. The lowest BCUT2D eigenvalue weighted by molar-refractivity contribution is 0.183. The third-order valence-corrected chi connectivity index (χ3v) is 4.51. The van der Waals surface area contributed by atoms with Crippen LogP contribution < -0.4 is 5.32 Å². The molecule has 1 N–H and O–H groups in total. The summed E-state index contributed by atoms with van der Waals surface area (Å²) < 4.78 is 0. The molecule has 2 saturated carbocycles. The summed E-state index contributed by atoms with van der Waals surface area (Å²) in [4.78, 5) is 2.52. The van der Waals surface area contributed by atoms with Crippen LogP contribution in [-0.4, -0.2) is 37.6 Å². The summed E-state index contributed by atoms with van der Waals surface area (Å²) in [5.41, 5.74) is 0.582. The molecule has 0 aromatic rings. The summed E-state index contributed by atoms with van der Waals surface area (Å²) in [5.74, 6) is 0.915. The summed E-state index contributed by atoms with van der Waals surface area (Å²) in [6, 6.07) is 0.858. The SMILES string of the molecule is CN(CCNC1CC1)CC1CCCC1(C)C. The molecule has 0 amide bonds. The Balaban J connectivity index is 1.63. The normalized spacial score (nSPS) is 28.9. The molecule has 2 aliphatic rings. The number of hydrogen-bond donors (Lipinski definition) is 1. The van der Waals surface area contributed by atoms with Gasteiger partial charge in [-0.2, -0.15) is 0 Å². The first kappa shape index (κ1) is 12.4. The van der Waals surface area contributed by atoms with Crippen LogP contribution in [0.5, 0.6) is 0 Å². The van der Waals surface area contributed by atoms with E-state index in [9.17, 15) is 0 Å².